The van der Waals surface area contributed by atoms with Crippen LogP contribution >= 0.6 is 11.6 Å². The van der Waals surface area contributed by atoms with Crippen molar-refractivity contribution in [2.75, 3.05) is 5.32 Å². The lowest BCUT2D eigenvalue weighted by atomic mass is 9.91. The van der Waals surface area contributed by atoms with Crippen LogP contribution in [0.4, 0.5) is 11.4 Å². The van der Waals surface area contributed by atoms with Gasteiger partial charge in [0.15, 0.2) is 5.78 Å². The molecule has 0 bridgehead atoms. The predicted octanol–water partition coefficient (Wildman–Crippen LogP) is 5.84. The number of ketones is 1. The molecule has 1 aliphatic carbocycles. The monoisotopic (exact) mass is 319 g/mol. The minimum absolute atomic E-state index is 0.155. The van der Waals surface area contributed by atoms with Crippen molar-refractivity contribution < 1.29 is 4.79 Å². The standard InChI is InChI=1S/C20H14ClNO/c21-14-6-3-7-15(12-14)22-20-16-8-2-1-5-13(16)11-18-17(20)9-4-10-19(18)23/h1-9,11-12,22H,10H2. The normalized spacial score (nSPS) is 13.2. The van der Waals surface area contributed by atoms with Gasteiger partial charge in [0.05, 0.1) is 5.69 Å². The van der Waals surface area contributed by atoms with E-state index in [1.807, 2.05) is 60.7 Å². The maximum absolute atomic E-state index is 12.3. The van der Waals surface area contributed by atoms with Crippen molar-refractivity contribution in [1.82, 2.24) is 0 Å². The third-order valence-corrected chi connectivity index (χ3v) is 4.31. The highest BCUT2D eigenvalue weighted by Gasteiger charge is 2.19. The zero-order valence-corrected chi connectivity index (χ0v) is 13.1. The molecule has 0 saturated heterocycles. The number of fused-ring (bicyclic) bond motifs is 2. The van der Waals surface area contributed by atoms with Crippen LogP contribution in [-0.2, 0) is 0 Å². The minimum Gasteiger partial charge on any atom is -0.354 e. The molecular formula is C20H14ClNO. The Balaban J connectivity index is 1.97. The molecule has 0 radical (unpaired) electrons. The third-order valence-electron chi connectivity index (χ3n) is 4.07. The molecule has 1 N–H and O–H groups in total. The van der Waals surface area contributed by atoms with E-state index < -0.39 is 0 Å². The number of carbonyl (C=O) groups excluding carboxylic acids is 1. The van der Waals surface area contributed by atoms with E-state index in [1.165, 1.54) is 0 Å². The Kier molecular flexibility index (Phi) is 3.40. The van der Waals surface area contributed by atoms with Crippen molar-refractivity contribution in [2.24, 2.45) is 0 Å². The number of hydrogen-bond donors (Lipinski definition) is 1. The van der Waals surface area contributed by atoms with Crippen molar-refractivity contribution >= 4 is 45.6 Å². The highest BCUT2D eigenvalue weighted by molar-refractivity contribution is 6.30. The fourth-order valence-electron chi connectivity index (χ4n) is 3.01. The summed E-state index contributed by atoms with van der Waals surface area (Å²) in [5.41, 5.74) is 3.57. The summed E-state index contributed by atoms with van der Waals surface area (Å²) in [7, 11) is 0. The lowest BCUT2D eigenvalue weighted by molar-refractivity contribution is 0.0994. The molecule has 4 rings (SSSR count). The summed E-state index contributed by atoms with van der Waals surface area (Å²) in [5, 5.41) is 6.27. The van der Waals surface area contributed by atoms with Crippen molar-refractivity contribution in [1.29, 1.82) is 0 Å². The Morgan fingerprint density at radius 2 is 1.87 bits per heavy atom. The van der Waals surface area contributed by atoms with Crippen molar-refractivity contribution in [3.63, 3.8) is 0 Å². The van der Waals surface area contributed by atoms with E-state index in [2.05, 4.69) is 11.4 Å². The molecule has 0 aliphatic heterocycles. The number of allylic oxidation sites excluding steroid dienone is 1. The van der Waals surface area contributed by atoms with Crippen molar-refractivity contribution in [3.8, 4) is 0 Å². The van der Waals surface area contributed by atoms with Crippen LogP contribution in [0.5, 0.6) is 0 Å². The average Bonchev–Trinajstić information content (AvgIpc) is 2.56. The number of benzene rings is 3. The van der Waals surface area contributed by atoms with Crippen molar-refractivity contribution in [3.05, 3.63) is 76.8 Å². The Labute approximate surface area is 139 Å². The first-order chi connectivity index (χ1) is 11.2. The summed E-state index contributed by atoms with van der Waals surface area (Å²) in [6.45, 7) is 0. The fourth-order valence-corrected chi connectivity index (χ4v) is 3.20. The summed E-state index contributed by atoms with van der Waals surface area (Å²) < 4.78 is 0. The highest BCUT2D eigenvalue weighted by atomic mass is 35.5. The van der Waals surface area contributed by atoms with E-state index in [1.54, 1.807) is 0 Å². The highest BCUT2D eigenvalue weighted by Crippen LogP contribution is 2.36. The van der Waals surface area contributed by atoms with Gasteiger partial charge in [-0.3, -0.25) is 4.79 Å². The lowest BCUT2D eigenvalue weighted by Crippen LogP contribution is -2.07. The summed E-state index contributed by atoms with van der Waals surface area (Å²) in [4.78, 5) is 12.3. The molecular weight excluding hydrogens is 306 g/mol. The molecule has 0 spiro atoms. The van der Waals surface area contributed by atoms with Crippen LogP contribution in [0.1, 0.15) is 22.3 Å². The van der Waals surface area contributed by atoms with Crippen LogP contribution < -0.4 is 5.32 Å². The van der Waals surface area contributed by atoms with Gasteiger partial charge in [-0.25, -0.2) is 0 Å². The van der Waals surface area contributed by atoms with Crippen LogP contribution in [0.3, 0.4) is 0 Å². The summed E-state index contributed by atoms with van der Waals surface area (Å²) in [6, 6.07) is 17.7. The van der Waals surface area contributed by atoms with Crippen LogP contribution in [0.2, 0.25) is 5.02 Å². The summed E-state index contributed by atoms with van der Waals surface area (Å²) in [5.74, 6) is 0.155. The number of rotatable bonds is 2. The smallest absolute Gasteiger partial charge is 0.167 e. The van der Waals surface area contributed by atoms with Gasteiger partial charge in [0.2, 0.25) is 0 Å². The number of Topliss-reactive ketones (excluding diaryl/α,β-unsaturated/α-hetero) is 1. The Morgan fingerprint density at radius 1 is 1.00 bits per heavy atom. The van der Waals surface area contributed by atoms with E-state index in [0.717, 1.165) is 33.3 Å². The van der Waals surface area contributed by atoms with Gasteiger partial charge in [-0.15, -0.1) is 0 Å². The molecule has 0 saturated carbocycles. The molecule has 0 atom stereocenters. The van der Waals surface area contributed by atoms with Gasteiger partial charge in [0, 0.05) is 33.6 Å². The van der Waals surface area contributed by atoms with Crippen LogP contribution in [0, 0.1) is 0 Å². The summed E-state index contributed by atoms with van der Waals surface area (Å²) >= 11 is 6.09. The van der Waals surface area contributed by atoms with Gasteiger partial charge < -0.3 is 5.32 Å². The zero-order valence-electron chi connectivity index (χ0n) is 12.3. The second kappa shape index (κ2) is 5.56. The molecule has 3 heteroatoms. The predicted molar refractivity (Wildman–Crippen MR) is 96.7 cm³/mol. The molecule has 3 aromatic carbocycles. The molecule has 0 heterocycles. The molecule has 112 valence electrons. The topological polar surface area (TPSA) is 29.1 Å². The Morgan fingerprint density at radius 3 is 2.74 bits per heavy atom. The second-order valence-corrected chi connectivity index (χ2v) is 6.04. The fraction of sp³-hybridized carbons (Fsp3) is 0.0500. The maximum Gasteiger partial charge on any atom is 0.167 e. The van der Waals surface area contributed by atoms with Gasteiger partial charge in [-0.05, 0) is 29.7 Å². The third kappa shape index (κ3) is 2.51. The van der Waals surface area contributed by atoms with Gasteiger partial charge >= 0.3 is 0 Å². The van der Waals surface area contributed by atoms with Gasteiger partial charge in [0.1, 0.15) is 0 Å². The molecule has 0 fully saturated rings. The van der Waals surface area contributed by atoms with E-state index in [-0.39, 0.29) is 5.78 Å². The van der Waals surface area contributed by atoms with Crippen LogP contribution in [0.15, 0.2) is 60.7 Å². The van der Waals surface area contributed by atoms with Crippen molar-refractivity contribution in [2.45, 2.75) is 6.42 Å². The quantitative estimate of drug-likeness (QED) is 0.643. The van der Waals surface area contributed by atoms with Gasteiger partial charge in [-0.1, -0.05) is 54.1 Å². The number of anilines is 2. The van der Waals surface area contributed by atoms with Crippen LogP contribution in [-0.4, -0.2) is 5.78 Å². The molecule has 2 nitrogen and oxygen atoms in total. The Hall–Kier alpha value is -2.58. The van der Waals surface area contributed by atoms with E-state index in [9.17, 15) is 4.79 Å². The minimum atomic E-state index is 0.155. The number of hydrogen-bond acceptors (Lipinski definition) is 2. The van der Waals surface area contributed by atoms with E-state index in [4.69, 9.17) is 11.6 Å². The van der Waals surface area contributed by atoms with E-state index in [0.29, 0.717) is 11.4 Å². The molecule has 23 heavy (non-hydrogen) atoms. The number of nitrogens with one attached hydrogen (secondary N) is 1. The van der Waals surface area contributed by atoms with E-state index >= 15 is 0 Å². The molecule has 0 unspecified atom stereocenters. The molecule has 1 aliphatic rings. The maximum atomic E-state index is 12.3. The number of halogens is 1. The first-order valence-electron chi connectivity index (χ1n) is 7.50. The molecule has 3 aromatic rings. The van der Waals surface area contributed by atoms with Gasteiger partial charge in [-0.2, -0.15) is 0 Å². The molecule has 0 amide bonds. The number of carbonyl (C=O) groups is 1. The first kappa shape index (κ1) is 14.0. The largest absolute Gasteiger partial charge is 0.354 e. The summed E-state index contributed by atoms with van der Waals surface area (Å²) in [6.07, 6.45) is 4.40. The molecule has 0 aromatic heterocycles. The Bertz CT molecular complexity index is 959. The second-order valence-electron chi connectivity index (χ2n) is 5.60. The first-order valence-corrected chi connectivity index (χ1v) is 7.88. The lowest BCUT2D eigenvalue weighted by Gasteiger charge is -2.19. The average molecular weight is 320 g/mol. The van der Waals surface area contributed by atoms with Gasteiger partial charge in [0.25, 0.3) is 0 Å². The SMILES string of the molecule is O=C1CC=Cc2c1cc1ccccc1c2Nc1cccc(Cl)c1. The van der Waals surface area contributed by atoms with Crippen LogP contribution in [0.25, 0.3) is 16.8 Å². The zero-order chi connectivity index (χ0) is 15.8.